The Balaban J connectivity index is 1.82. The van der Waals surface area contributed by atoms with Gasteiger partial charge in [0.05, 0.1) is 12.2 Å². The Labute approximate surface area is 126 Å². The summed E-state index contributed by atoms with van der Waals surface area (Å²) in [7, 11) is 4.08. The number of ether oxygens (including phenoxy) is 1. The summed E-state index contributed by atoms with van der Waals surface area (Å²) in [6, 6.07) is 10.1. The van der Waals surface area contributed by atoms with Crippen LogP contribution in [0.5, 0.6) is 5.75 Å². The van der Waals surface area contributed by atoms with E-state index < -0.39 is 0 Å². The molecular formula is C16H24N4O. The zero-order valence-electron chi connectivity index (χ0n) is 13.0. The van der Waals surface area contributed by atoms with Crippen LogP contribution in [0.4, 0.5) is 5.69 Å². The zero-order valence-corrected chi connectivity index (χ0v) is 13.0. The van der Waals surface area contributed by atoms with Crippen LogP contribution in [0.25, 0.3) is 0 Å². The van der Waals surface area contributed by atoms with Crippen LogP contribution in [0.2, 0.25) is 0 Å². The highest BCUT2D eigenvalue weighted by Gasteiger charge is 2.01. The van der Waals surface area contributed by atoms with Crippen LogP contribution in [-0.2, 0) is 13.1 Å². The first-order chi connectivity index (χ1) is 10.2. The van der Waals surface area contributed by atoms with Crippen LogP contribution in [0.3, 0.4) is 0 Å². The molecule has 21 heavy (non-hydrogen) atoms. The molecule has 2 rings (SSSR count). The lowest BCUT2D eigenvalue weighted by Gasteiger charge is -2.12. The van der Waals surface area contributed by atoms with Gasteiger partial charge in [-0.15, -0.1) is 0 Å². The Bertz CT molecular complexity index is 533. The smallest absolute Gasteiger partial charge is 0.119 e. The highest BCUT2D eigenvalue weighted by atomic mass is 16.5. The van der Waals surface area contributed by atoms with Crippen molar-refractivity contribution in [1.29, 1.82) is 0 Å². The van der Waals surface area contributed by atoms with Gasteiger partial charge in [-0.1, -0.05) is 0 Å². The second kappa shape index (κ2) is 7.69. The van der Waals surface area contributed by atoms with Gasteiger partial charge in [-0.25, -0.2) is 0 Å². The number of hydrogen-bond donors (Lipinski definition) is 1. The lowest BCUT2D eigenvalue weighted by atomic mass is 10.3. The van der Waals surface area contributed by atoms with E-state index in [0.29, 0.717) is 6.61 Å². The monoisotopic (exact) mass is 288 g/mol. The van der Waals surface area contributed by atoms with Crippen molar-refractivity contribution in [2.75, 3.05) is 32.6 Å². The van der Waals surface area contributed by atoms with Crippen LogP contribution < -0.4 is 10.1 Å². The average molecular weight is 288 g/mol. The molecule has 2 aromatic rings. The lowest BCUT2D eigenvalue weighted by molar-refractivity contribution is 0.261. The second-order valence-corrected chi connectivity index (χ2v) is 5.17. The van der Waals surface area contributed by atoms with Gasteiger partial charge in [-0.05, 0) is 51.4 Å². The van der Waals surface area contributed by atoms with E-state index in [1.54, 1.807) is 0 Å². The number of nitrogens with zero attached hydrogens (tertiary/aromatic N) is 3. The first-order valence-electron chi connectivity index (χ1n) is 7.31. The fourth-order valence-corrected chi connectivity index (χ4v) is 2.00. The van der Waals surface area contributed by atoms with Gasteiger partial charge in [-0.3, -0.25) is 4.68 Å². The normalized spacial score (nSPS) is 10.9. The first kappa shape index (κ1) is 15.4. The van der Waals surface area contributed by atoms with E-state index in [9.17, 15) is 0 Å². The maximum Gasteiger partial charge on any atom is 0.119 e. The van der Waals surface area contributed by atoms with E-state index in [-0.39, 0.29) is 0 Å². The minimum absolute atomic E-state index is 0.704. The van der Waals surface area contributed by atoms with Crippen molar-refractivity contribution in [3.63, 3.8) is 0 Å². The first-order valence-corrected chi connectivity index (χ1v) is 7.31. The highest BCUT2D eigenvalue weighted by molar-refractivity contribution is 5.46. The molecule has 1 N–H and O–H groups in total. The number of anilines is 1. The standard InChI is InChI=1S/C16H24N4O/c1-4-20-15(9-10-18-20)13-17-14-5-7-16(8-6-14)21-12-11-19(2)3/h5-10,17H,4,11-13H2,1-3H3. The van der Waals surface area contributed by atoms with Crippen LogP contribution in [-0.4, -0.2) is 41.9 Å². The molecule has 0 aliphatic heterocycles. The van der Waals surface area contributed by atoms with Crippen LogP contribution >= 0.6 is 0 Å². The summed E-state index contributed by atoms with van der Waals surface area (Å²) in [6.07, 6.45) is 1.84. The number of likely N-dealkylation sites (N-methyl/N-ethyl adjacent to an activating group) is 1. The van der Waals surface area contributed by atoms with Crippen molar-refractivity contribution >= 4 is 5.69 Å². The summed E-state index contributed by atoms with van der Waals surface area (Å²) in [4.78, 5) is 2.10. The molecule has 0 atom stereocenters. The minimum atomic E-state index is 0.704. The molecular weight excluding hydrogens is 264 g/mol. The fraction of sp³-hybridized carbons (Fsp3) is 0.438. The summed E-state index contributed by atoms with van der Waals surface area (Å²) < 4.78 is 7.67. The second-order valence-electron chi connectivity index (χ2n) is 5.17. The van der Waals surface area contributed by atoms with E-state index in [0.717, 1.165) is 31.1 Å². The summed E-state index contributed by atoms with van der Waals surface area (Å²) in [5, 5.41) is 7.66. The quantitative estimate of drug-likeness (QED) is 0.810. The van der Waals surface area contributed by atoms with E-state index in [1.165, 1.54) is 5.69 Å². The molecule has 0 aliphatic rings. The van der Waals surface area contributed by atoms with Gasteiger partial charge in [0.25, 0.3) is 0 Å². The molecule has 0 amide bonds. The Kier molecular flexibility index (Phi) is 5.63. The van der Waals surface area contributed by atoms with Gasteiger partial charge in [0.2, 0.25) is 0 Å². The average Bonchev–Trinajstić information content (AvgIpc) is 2.93. The summed E-state index contributed by atoms with van der Waals surface area (Å²) in [5.41, 5.74) is 2.27. The number of nitrogens with one attached hydrogen (secondary N) is 1. The van der Waals surface area contributed by atoms with Gasteiger partial charge >= 0.3 is 0 Å². The summed E-state index contributed by atoms with van der Waals surface area (Å²) in [5.74, 6) is 0.904. The van der Waals surface area contributed by atoms with Crippen LogP contribution in [0, 0.1) is 0 Å². The highest BCUT2D eigenvalue weighted by Crippen LogP contribution is 2.16. The number of aromatic nitrogens is 2. The third-order valence-corrected chi connectivity index (χ3v) is 3.24. The largest absolute Gasteiger partial charge is 0.492 e. The maximum atomic E-state index is 5.68. The SMILES string of the molecule is CCn1nccc1CNc1ccc(OCCN(C)C)cc1. The van der Waals surface area contributed by atoms with Crippen LogP contribution in [0.15, 0.2) is 36.5 Å². The van der Waals surface area contributed by atoms with Crippen molar-refractivity contribution in [3.05, 3.63) is 42.2 Å². The molecule has 0 fully saturated rings. The van der Waals surface area contributed by atoms with Crippen LogP contribution in [0.1, 0.15) is 12.6 Å². The topological polar surface area (TPSA) is 42.3 Å². The van der Waals surface area contributed by atoms with E-state index in [2.05, 4.69) is 22.2 Å². The van der Waals surface area contributed by atoms with E-state index >= 15 is 0 Å². The van der Waals surface area contributed by atoms with Gasteiger partial charge in [0, 0.05) is 25.0 Å². The molecule has 0 bridgehead atoms. The molecule has 5 heteroatoms. The zero-order chi connectivity index (χ0) is 15.1. The Morgan fingerprint density at radius 1 is 1.19 bits per heavy atom. The number of aryl methyl sites for hydroxylation is 1. The number of rotatable bonds is 8. The molecule has 114 valence electrons. The Morgan fingerprint density at radius 3 is 2.62 bits per heavy atom. The van der Waals surface area contributed by atoms with Gasteiger partial charge in [0.15, 0.2) is 0 Å². The third-order valence-electron chi connectivity index (χ3n) is 3.24. The molecule has 0 unspecified atom stereocenters. The molecule has 0 saturated carbocycles. The molecule has 5 nitrogen and oxygen atoms in total. The van der Waals surface area contributed by atoms with Gasteiger partial charge < -0.3 is 15.0 Å². The summed E-state index contributed by atoms with van der Waals surface area (Å²) >= 11 is 0. The predicted molar refractivity (Wildman–Crippen MR) is 85.7 cm³/mol. The Hall–Kier alpha value is -2.01. The molecule has 0 saturated heterocycles. The van der Waals surface area contributed by atoms with E-state index in [4.69, 9.17) is 4.74 Å². The number of benzene rings is 1. The molecule has 0 spiro atoms. The van der Waals surface area contributed by atoms with Gasteiger partial charge in [-0.2, -0.15) is 5.10 Å². The van der Waals surface area contributed by atoms with Crippen molar-refractivity contribution in [2.45, 2.75) is 20.0 Å². The Morgan fingerprint density at radius 2 is 1.95 bits per heavy atom. The molecule has 0 aliphatic carbocycles. The van der Waals surface area contributed by atoms with Crippen molar-refractivity contribution in [1.82, 2.24) is 14.7 Å². The minimum Gasteiger partial charge on any atom is -0.492 e. The van der Waals surface area contributed by atoms with Crippen molar-refractivity contribution in [2.24, 2.45) is 0 Å². The molecule has 1 heterocycles. The van der Waals surface area contributed by atoms with Crippen molar-refractivity contribution in [3.8, 4) is 5.75 Å². The third kappa shape index (κ3) is 4.79. The number of hydrogen-bond acceptors (Lipinski definition) is 4. The lowest BCUT2D eigenvalue weighted by Crippen LogP contribution is -2.19. The van der Waals surface area contributed by atoms with Crippen molar-refractivity contribution < 1.29 is 4.74 Å². The molecule has 1 aromatic heterocycles. The summed E-state index contributed by atoms with van der Waals surface area (Å²) in [6.45, 7) is 5.38. The van der Waals surface area contributed by atoms with E-state index in [1.807, 2.05) is 55.3 Å². The van der Waals surface area contributed by atoms with Gasteiger partial charge in [0.1, 0.15) is 12.4 Å². The predicted octanol–water partition coefficient (Wildman–Crippen LogP) is 2.46. The molecule has 0 radical (unpaired) electrons. The maximum absolute atomic E-state index is 5.68. The fourth-order valence-electron chi connectivity index (χ4n) is 2.00. The molecule has 1 aromatic carbocycles.